The summed E-state index contributed by atoms with van der Waals surface area (Å²) < 4.78 is 0. The van der Waals surface area contributed by atoms with E-state index in [0.717, 1.165) is 19.0 Å². The molecule has 0 amide bonds. The quantitative estimate of drug-likeness (QED) is 0.900. The summed E-state index contributed by atoms with van der Waals surface area (Å²) in [6.45, 7) is 8.10. The molecule has 3 heteroatoms. The van der Waals surface area contributed by atoms with Crippen LogP contribution in [-0.4, -0.2) is 34.6 Å². The van der Waals surface area contributed by atoms with Crippen LogP contribution >= 0.6 is 0 Å². The van der Waals surface area contributed by atoms with Crippen molar-refractivity contribution in [2.24, 2.45) is 5.92 Å². The second kappa shape index (κ2) is 5.22. The highest BCUT2D eigenvalue weighted by molar-refractivity contribution is 5.13. The van der Waals surface area contributed by atoms with Crippen LogP contribution in [0.5, 0.6) is 0 Å². The molecule has 2 fully saturated rings. The number of hydrogen-bond donors (Lipinski definition) is 1. The Kier molecular flexibility index (Phi) is 3.59. The number of hydrogen-bond acceptors (Lipinski definition) is 3. The van der Waals surface area contributed by atoms with Crippen molar-refractivity contribution in [1.29, 1.82) is 0 Å². The molecule has 2 atom stereocenters. The first-order chi connectivity index (χ1) is 9.22. The monoisotopic (exact) mass is 259 g/mol. The van der Waals surface area contributed by atoms with E-state index in [2.05, 4.69) is 41.2 Å². The van der Waals surface area contributed by atoms with Crippen LogP contribution in [0.2, 0.25) is 0 Å². The normalized spacial score (nSPS) is 32.4. The Morgan fingerprint density at radius 3 is 2.74 bits per heavy atom. The first-order valence-electron chi connectivity index (χ1n) is 7.59. The minimum Gasteiger partial charge on any atom is -0.311 e. The number of pyridine rings is 1. The lowest BCUT2D eigenvalue weighted by atomic mass is 9.88. The molecular formula is C16H25N3. The fourth-order valence-electron chi connectivity index (χ4n) is 3.34. The van der Waals surface area contributed by atoms with Crippen LogP contribution < -0.4 is 5.32 Å². The molecule has 3 nitrogen and oxygen atoms in total. The van der Waals surface area contributed by atoms with Crippen LogP contribution in [0.4, 0.5) is 0 Å². The molecule has 1 aromatic rings. The third-order valence-electron chi connectivity index (χ3n) is 4.98. The van der Waals surface area contributed by atoms with Gasteiger partial charge in [0.2, 0.25) is 0 Å². The zero-order valence-electron chi connectivity index (χ0n) is 12.1. The maximum Gasteiger partial charge on any atom is 0.0338 e. The van der Waals surface area contributed by atoms with Crippen LogP contribution in [0.15, 0.2) is 24.5 Å². The van der Waals surface area contributed by atoms with Gasteiger partial charge < -0.3 is 5.32 Å². The average Bonchev–Trinajstić information content (AvgIpc) is 3.27. The smallest absolute Gasteiger partial charge is 0.0338 e. The van der Waals surface area contributed by atoms with Crippen LogP contribution in [-0.2, 0) is 6.54 Å². The van der Waals surface area contributed by atoms with Gasteiger partial charge in [0.15, 0.2) is 0 Å². The zero-order valence-corrected chi connectivity index (χ0v) is 12.1. The van der Waals surface area contributed by atoms with Crippen molar-refractivity contribution in [2.45, 2.75) is 51.2 Å². The van der Waals surface area contributed by atoms with Gasteiger partial charge in [-0.15, -0.1) is 0 Å². The highest BCUT2D eigenvalue weighted by atomic mass is 15.3. The Hall–Kier alpha value is -0.930. The Morgan fingerprint density at radius 1 is 1.37 bits per heavy atom. The molecule has 2 aliphatic rings. The second-order valence-electron chi connectivity index (χ2n) is 6.35. The van der Waals surface area contributed by atoms with E-state index in [0.29, 0.717) is 11.6 Å². The number of nitrogens with zero attached hydrogens (tertiary/aromatic N) is 2. The van der Waals surface area contributed by atoms with Gasteiger partial charge in [-0.3, -0.25) is 9.88 Å². The summed E-state index contributed by atoms with van der Waals surface area (Å²) in [6, 6.07) is 4.95. The largest absolute Gasteiger partial charge is 0.311 e. The summed E-state index contributed by atoms with van der Waals surface area (Å²) in [6.07, 6.45) is 7.84. The maximum absolute atomic E-state index is 4.12. The molecule has 3 rings (SSSR count). The lowest BCUT2D eigenvalue weighted by Crippen LogP contribution is -2.63. The van der Waals surface area contributed by atoms with Gasteiger partial charge in [-0.1, -0.05) is 6.92 Å². The van der Waals surface area contributed by atoms with E-state index in [1.54, 1.807) is 0 Å². The molecule has 2 heterocycles. The first-order valence-corrected chi connectivity index (χ1v) is 7.59. The molecule has 1 saturated heterocycles. The van der Waals surface area contributed by atoms with E-state index < -0.39 is 0 Å². The molecule has 19 heavy (non-hydrogen) atoms. The highest BCUT2D eigenvalue weighted by Crippen LogP contribution is 2.44. The lowest BCUT2D eigenvalue weighted by Gasteiger charge is -2.48. The van der Waals surface area contributed by atoms with Crippen molar-refractivity contribution < 1.29 is 0 Å². The molecule has 1 saturated carbocycles. The van der Waals surface area contributed by atoms with Crippen LogP contribution in [0.25, 0.3) is 0 Å². The first kappa shape index (κ1) is 13.1. The molecule has 0 bridgehead atoms. The Morgan fingerprint density at radius 2 is 2.11 bits per heavy atom. The van der Waals surface area contributed by atoms with E-state index in [4.69, 9.17) is 0 Å². The van der Waals surface area contributed by atoms with Crippen molar-refractivity contribution in [2.75, 3.05) is 13.1 Å². The molecule has 1 aliphatic carbocycles. The van der Waals surface area contributed by atoms with Gasteiger partial charge in [0.1, 0.15) is 0 Å². The third-order valence-corrected chi connectivity index (χ3v) is 4.98. The van der Waals surface area contributed by atoms with Crippen molar-refractivity contribution in [3.63, 3.8) is 0 Å². The van der Waals surface area contributed by atoms with Crippen molar-refractivity contribution in [1.82, 2.24) is 15.2 Å². The van der Waals surface area contributed by atoms with E-state index in [1.165, 1.54) is 31.4 Å². The predicted molar refractivity (Wildman–Crippen MR) is 77.9 cm³/mol. The summed E-state index contributed by atoms with van der Waals surface area (Å²) >= 11 is 0. The zero-order chi connectivity index (χ0) is 13.3. The molecule has 2 unspecified atom stereocenters. The van der Waals surface area contributed by atoms with Gasteiger partial charge in [0.25, 0.3) is 0 Å². The van der Waals surface area contributed by atoms with Gasteiger partial charge in [-0.25, -0.2) is 0 Å². The molecule has 104 valence electrons. The van der Waals surface area contributed by atoms with E-state index in [1.807, 2.05) is 12.4 Å². The highest BCUT2D eigenvalue weighted by Gasteiger charge is 2.47. The Bertz CT molecular complexity index is 415. The number of nitrogens with one attached hydrogen (secondary N) is 1. The molecule has 0 radical (unpaired) electrons. The molecule has 1 aromatic heterocycles. The molecule has 1 aliphatic heterocycles. The Labute approximate surface area is 116 Å². The maximum atomic E-state index is 4.12. The summed E-state index contributed by atoms with van der Waals surface area (Å²) in [5.74, 6) is 0.889. The second-order valence-corrected chi connectivity index (χ2v) is 6.35. The average molecular weight is 259 g/mol. The minimum absolute atomic E-state index is 0.342. The summed E-state index contributed by atoms with van der Waals surface area (Å²) in [5, 5.41) is 3.74. The number of aromatic nitrogens is 1. The minimum atomic E-state index is 0.342. The van der Waals surface area contributed by atoms with Gasteiger partial charge in [-0.2, -0.15) is 0 Å². The fraction of sp³-hybridized carbons (Fsp3) is 0.688. The van der Waals surface area contributed by atoms with Gasteiger partial charge in [0.05, 0.1) is 0 Å². The van der Waals surface area contributed by atoms with E-state index in [-0.39, 0.29) is 0 Å². The van der Waals surface area contributed by atoms with Gasteiger partial charge in [0, 0.05) is 43.6 Å². The van der Waals surface area contributed by atoms with Crippen molar-refractivity contribution in [3.8, 4) is 0 Å². The molecule has 1 N–H and O–H groups in total. The topological polar surface area (TPSA) is 28.2 Å². The summed E-state index contributed by atoms with van der Waals surface area (Å²) in [4.78, 5) is 6.84. The molecule has 0 aromatic carbocycles. The van der Waals surface area contributed by atoms with Gasteiger partial charge >= 0.3 is 0 Å². The van der Waals surface area contributed by atoms with E-state index in [9.17, 15) is 0 Å². The van der Waals surface area contributed by atoms with E-state index >= 15 is 0 Å². The predicted octanol–water partition coefficient (Wildman–Crippen LogP) is 2.43. The number of rotatable bonds is 4. The summed E-state index contributed by atoms with van der Waals surface area (Å²) in [7, 11) is 0. The summed E-state index contributed by atoms with van der Waals surface area (Å²) in [5.41, 5.74) is 1.73. The van der Waals surface area contributed by atoms with Crippen LogP contribution in [0, 0.1) is 5.92 Å². The Balaban J connectivity index is 1.77. The molecule has 0 spiro atoms. The van der Waals surface area contributed by atoms with Crippen molar-refractivity contribution in [3.05, 3.63) is 30.1 Å². The number of piperazine rings is 1. The van der Waals surface area contributed by atoms with Crippen molar-refractivity contribution >= 4 is 0 Å². The SMILES string of the molecule is CCC1CN(Cc2ccncc2)C(C)(C2CC2)CN1. The fourth-order valence-corrected chi connectivity index (χ4v) is 3.34. The van der Waals surface area contributed by atoms with Crippen LogP contribution in [0.3, 0.4) is 0 Å². The standard InChI is InChI=1S/C16H25N3/c1-3-15-11-19(10-13-6-8-17-9-7-13)16(2,12-18-15)14-4-5-14/h6-9,14-15,18H,3-5,10-12H2,1-2H3. The lowest BCUT2D eigenvalue weighted by molar-refractivity contribution is 0.0270. The van der Waals surface area contributed by atoms with Gasteiger partial charge in [-0.05, 0) is 49.8 Å². The molecular weight excluding hydrogens is 234 g/mol. The third kappa shape index (κ3) is 2.67. The van der Waals surface area contributed by atoms with Crippen LogP contribution in [0.1, 0.15) is 38.7 Å².